The Labute approximate surface area is 200 Å². The van der Waals surface area contributed by atoms with E-state index in [1.807, 2.05) is 0 Å². The van der Waals surface area contributed by atoms with Gasteiger partial charge in [-0.2, -0.15) is 13.2 Å². The van der Waals surface area contributed by atoms with Gasteiger partial charge >= 0.3 is 11.9 Å². The second-order valence-corrected chi connectivity index (χ2v) is 8.50. The summed E-state index contributed by atoms with van der Waals surface area (Å²) in [6.45, 7) is 0.365. The highest BCUT2D eigenvalue weighted by atomic mass is 19.4. The lowest BCUT2D eigenvalue weighted by atomic mass is 10.1. The summed E-state index contributed by atoms with van der Waals surface area (Å²) in [5.41, 5.74) is -2.46. The third kappa shape index (κ3) is 4.32. The number of fused-ring (bicyclic) bond motifs is 1. The molecule has 0 N–H and O–H groups in total. The van der Waals surface area contributed by atoms with Gasteiger partial charge in [0.25, 0.3) is 5.56 Å². The van der Waals surface area contributed by atoms with Crippen LogP contribution in [0.4, 0.5) is 22.0 Å². The summed E-state index contributed by atoms with van der Waals surface area (Å²) >= 11 is 0. The van der Waals surface area contributed by atoms with Gasteiger partial charge in [0.05, 0.1) is 30.2 Å². The fourth-order valence-electron chi connectivity index (χ4n) is 4.33. The van der Waals surface area contributed by atoms with Crippen LogP contribution < -0.4 is 11.2 Å². The summed E-state index contributed by atoms with van der Waals surface area (Å²) in [5, 5.41) is 0. The van der Waals surface area contributed by atoms with Crippen LogP contribution in [-0.2, 0) is 24.0 Å². The molecule has 0 spiro atoms. The Morgan fingerprint density at radius 3 is 2.44 bits per heavy atom. The molecule has 188 valence electrons. The molecule has 0 amide bonds. The highest BCUT2D eigenvalue weighted by Crippen LogP contribution is 2.29. The number of rotatable bonds is 5. The van der Waals surface area contributed by atoms with Crippen LogP contribution in [0.3, 0.4) is 0 Å². The van der Waals surface area contributed by atoms with Crippen molar-refractivity contribution in [3.63, 3.8) is 0 Å². The molecule has 1 saturated heterocycles. The highest BCUT2D eigenvalue weighted by molar-refractivity contribution is 5.72. The number of hydrogen-bond acceptors (Lipinski definition) is 4. The zero-order valence-corrected chi connectivity index (χ0v) is 18.6. The van der Waals surface area contributed by atoms with Gasteiger partial charge in [0.2, 0.25) is 0 Å². The summed E-state index contributed by atoms with van der Waals surface area (Å²) in [6.07, 6.45) is -2.26. The van der Waals surface area contributed by atoms with Gasteiger partial charge in [-0.25, -0.2) is 23.1 Å². The Bertz CT molecular complexity index is 1550. The summed E-state index contributed by atoms with van der Waals surface area (Å²) in [5.74, 6) is -1.88. The molecule has 4 aromatic rings. The van der Waals surface area contributed by atoms with Crippen LogP contribution in [-0.4, -0.2) is 31.4 Å². The predicted octanol–water partition coefficient (Wildman–Crippen LogP) is 3.87. The molecule has 2 aromatic carbocycles. The number of ether oxygens (including phenoxy) is 1. The van der Waals surface area contributed by atoms with Crippen LogP contribution in [0.5, 0.6) is 0 Å². The molecule has 2 aromatic heterocycles. The fourth-order valence-corrected chi connectivity index (χ4v) is 4.33. The number of benzene rings is 2. The number of halogens is 5. The first-order chi connectivity index (χ1) is 17.1. The SMILES string of the molecule is O=c1c2c(ncn2Cc2ccc(C(F)(F)F)cc2)n(-c2ccc(F)cc2F)c(=O)n1C[C@H]1CCCO1. The summed E-state index contributed by atoms with van der Waals surface area (Å²) in [6, 6.07) is 7.06. The van der Waals surface area contributed by atoms with E-state index in [1.54, 1.807) is 0 Å². The van der Waals surface area contributed by atoms with E-state index in [1.165, 1.54) is 23.0 Å². The standard InChI is InChI=1S/C24H19F5N4O3/c25-16-7-8-19(18(26)10-16)33-21-20(22(34)32(23(33)35)12-17-2-1-9-36-17)31(13-30-21)11-14-3-5-15(6-4-14)24(27,28)29/h3-8,10,13,17H,1-2,9,11-12H2/t17-/m1/s1. The monoisotopic (exact) mass is 506 g/mol. The van der Waals surface area contributed by atoms with E-state index in [9.17, 15) is 31.5 Å². The van der Waals surface area contributed by atoms with Gasteiger partial charge in [0.1, 0.15) is 11.6 Å². The molecule has 1 atom stereocenters. The Morgan fingerprint density at radius 1 is 1.06 bits per heavy atom. The molecule has 0 radical (unpaired) electrons. The highest BCUT2D eigenvalue weighted by Gasteiger charge is 2.30. The summed E-state index contributed by atoms with van der Waals surface area (Å²) in [7, 11) is 0. The molecule has 1 aliphatic heterocycles. The van der Waals surface area contributed by atoms with Crippen molar-refractivity contribution in [2.75, 3.05) is 6.61 Å². The van der Waals surface area contributed by atoms with E-state index < -0.39 is 40.7 Å². The van der Waals surface area contributed by atoms with Gasteiger partial charge in [0.15, 0.2) is 11.2 Å². The number of nitrogens with zero attached hydrogens (tertiary/aromatic N) is 4. The van der Waals surface area contributed by atoms with Crippen molar-refractivity contribution in [3.05, 3.63) is 92.4 Å². The maximum atomic E-state index is 14.7. The molecule has 12 heteroatoms. The van der Waals surface area contributed by atoms with Gasteiger partial charge in [-0.05, 0) is 42.7 Å². The molecule has 5 rings (SSSR count). The minimum Gasteiger partial charge on any atom is -0.376 e. The Balaban J connectivity index is 1.67. The lowest BCUT2D eigenvalue weighted by molar-refractivity contribution is -0.137. The largest absolute Gasteiger partial charge is 0.416 e. The van der Waals surface area contributed by atoms with Crippen molar-refractivity contribution in [1.82, 2.24) is 18.7 Å². The van der Waals surface area contributed by atoms with Crippen LogP contribution >= 0.6 is 0 Å². The molecule has 1 fully saturated rings. The average molecular weight is 506 g/mol. The minimum atomic E-state index is -4.49. The average Bonchev–Trinajstić information content (AvgIpc) is 3.48. The first-order valence-corrected chi connectivity index (χ1v) is 11.1. The molecule has 36 heavy (non-hydrogen) atoms. The number of aromatic nitrogens is 4. The third-order valence-corrected chi connectivity index (χ3v) is 6.10. The molecule has 1 aliphatic rings. The first kappa shape index (κ1) is 23.9. The molecule has 0 unspecified atom stereocenters. The maximum Gasteiger partial charge on any atom is 0.416 e. The molecule has 0 bridgehead atoms. The molecule has 7 nitrogen and oxygen atoms in total. The van der Waals surface area contributed by atoms with Crippen molar-refractivity contribution >= 4 is 11.2 Å². The van der Waals surface area contributed by atoms with Gasteiger partial charge in [0, 0.05) is 19.2 Å². The molecular weight excluding hydrogens is 487 g/mol. The van der Waals surface area contributed by atoms with Crippen molar-refractivity contribution in [2.24, 2.45) is 0 Å². The van der Waals surface area contributed by atoms with Crippen molar-refractivity contribution in [3.8, 4) is 5.69 Å². The van der Waals surface area contributed by atoms with E-state index in [2.05, 4.69) is 4.98 Å². The number of alkyl halides is 3. The minimum absolute atomic E-state index is 0.0338. The zero-order valence-electron chi connectivity index (χ0n) is 18.6. The van der Waals surface area contributed by atoms with Crippen LogP contribution in [0.2, 0.25) is 0 Å². The van der Waals surface area contributed by atoms with Gasteiger partial charge < -0.3 is 9.30 Å². The Kier molecular flexibility index (Phi) is 5.99. The van der Waals surface area contributed by atoms with E-state index in [0.29, 0.717) is 24.7 Å². The van der Waals surface area contributed by atoms with E-state index in [0.717, 1.165) is 39.8 Å². The smallest absolute Gasteiger partial charge is 0.376 e. The van der Waals surface area contributed by atoms with Gasteiger partial charge in [-0.15, -0.1) is 0 Å². The summed E-state index contributed by atoms with van der Waals surface area (Å²) < 4.78 is 75.8. The second-order valence-electron chi connectivity index (χ2n) is 8.50. The fraction of sp³-hybridized carbons (Fsp3) is 0.292. The second kappa shape index (κ2) is 9.01. The van der Waals surface area contributed by atoms with Crippen LogP contribution in [0.25, 0.3) is 16.9 Å². The Hall–Kier alpha value is -3.80. The molecule has 0 saturated carbocycles. The summed E-state index contributed by atoms with van der Waals surface area (Å²) in [4.78, 5) is 31.0. The number of hydrogen-bond donors (Lipinski definition) is 0. The van der Waals surface area contributed by atoms with E-state index in [4.69, 9.17) is 4.74 Å². The van der Waals surface area contributed by atoms with Crippen molar-refractivity contribution < 1.29 is 26.7 Å². The molecule has 0 aliphatic carbocycles. The lowest BCUT2D eigenvalue weighted by Crippen LogP contribution is -2.42. The molecule has 3 heterocycles. The van der Waals surface area contributed by atoms with Crippen molar-refractivity contribution in [1.29, 1.82) is 0 Å². The normalized spacial score (nSPS) is 16.2. The van der Waals surface area contributed by atoms with Crippen LogP contribution in [0.1, 0.15) is 24.0 Å². The van der Waals surface area contributed by atoms with Crippen LogP contribution in [0, 0.1) is 11.6 Å². The quantitative estimate of drug-likeness (QED) is 0.386. The third-order valence-electron chi connectivity index (χ3n) is 6.10. The molecular formula is C24H19F5N4O3. The topological polar surface area (TPSA) is 71.0 Å². The predicted molar refractivity (Wildman–Crippen MR) is 119 cm³/mol. The van der Waals surface area contributed by atoms with Crippen LogP contribution in [0.15, 0.2) is 58.4 Å². The van der Waals surface area contributed by atoms with Gasteiger partial charge in [-0.3, -0.25) is 9.36 Å². The lowest BCUT2D eigenvalue weighted by Gasteiger charge is -2.16. The van der Waals surface area contributed by atoms with E-state index >= 15 is 0 Å². The Morgan fingerprint density at radius 2 is 1.81 bits per heavy atom. The first-order valence-electron chi connectivity index (χ1n) is 11.1. The van der Waals surface area contributed by atoms with E-state index in [-0.39, 0.29) is 29.9 Å². The van der Waals surface area contributed by atoms with Crippen molar-refractivity contribution in [2.45, 2.75) is 38.2 Å². The number of imidazole rings is 1. The van der Waals surface area contributed by atoms with Gasteiger partial charge in [-0.1, -0.05) is 12.1 Å². The zero-order chi connectivity index (χ0) is 25.6. The maximum absolute atomic E-state index is 14.7.